The molecule has 1 aromatic carbocycles. The monoisotopic (exact) mass is 238 g/mol. The maximum atomic E-state index is 12.1. The first-order valence-electron chi connectivity index (χ1n) is 5.48. The number of rotatable bonds is 2. The predicted molar refractivity (Wildman–Crippen MR) is 67.4 cm³/mol. The summed E-state index contributed by atoms with van der Waals surface area (Å²) in [5, 5.41) is 6.91. The average Bonchev–Trinajstić information content (AvgIpc) is 2.84. The van der Waals surface area contributed by atoms with E-state index in [0.29, 0.717) is 11.1 Å². The number of carbonyl (C=O) groups excluding carboxylic acids is 1. The molecule has 5 nitrogen and oxygen atoms in total. The van der Waals surface area contributed by atoms with Crippen molar-refractivity contribution in [1.82, 2.24) is 14.6 Å². The Hall–Kier alpha value is -2.69. The molecule has 18 heavy (non-hydrogen) atoms. The number of aromatic nitrogens is 3. The second-order valence-corrected chi connectivity index (χ2v) is 3.78. The first-order valence-corrected chi connectivity index (χ1v) is 5.48. The minimum Gasteiger partial charge on any atom is -0.322 e. The average molecular weight is 238 g/mol. The zero-order chi connectivity index (χ0) is 12.4. The number of amides is 1. The summed E-state index contributed by atoms with van der Waals surface area (Å²) in [6.45, 7) is 0. The third-order valence-electron chi connectivity index (χ3n) is 2.60. The molecule has 2 heterocycles. The fourth-order valence-corrected chi connectivity index (χ4v) is 1.73. The van der Waals surface area contributed by atoms with E-state index in [4.69, 9.17) is 0 Å². The molecule has 0 radical (unpaired) electrons. The summed E-state index contributed by atoms with van der Waals surface area (Å²) in [6, 6.07) is 9.30. The van der Waals surface area contributed by atoms with Gasteiger partial charge in [0.05, 0.1) is 23.5 Å². The van der Waals surface area contributed by atoms with Gasteiger partial charge in [0.15, 0.2) is 0 Å². The zero-order valence-electron chi connectivity index (χ0n) is 9.45. The highest BCUT2D eigenvalue weighted by Gasteiger charge is 2.12. The van der Waals surface area contributed by atoms with Gasteiger partial charge in [-0.25, -0.2) is 4.52 Å². The van der Waals surface area contributed by atoms with Crippen LogP contribution in [0, 0.1) is 0 Å². The van der Waals surface area contributed by atoms with Crippen molar-refractivity contribution in [1.29, 1.82) is 0 Å². The quantitative estimate of drug-likeness (QED) is 0.742. The van der Waals surface area contributed by atoms with Crippen LogP contribution in [-0.4, -0.2) is 20.5 Å². The second-order valence-electron chi connectivity index (χ2n) is 3.78. The second kappa shape index (κ2) is 4.29. The van der Waals surface area contributed by atoms with Crippen molar-refractivity contribution >= 4 is 17.1 Å². The SMILES string of the molecule is O=C(Nc1ccccc1)c1cnn2ccncc12. The van der Waals surface area contributed by atoms with E-state index in [1.54, 1.807) is 23.1 Å². The molecule has 0 atom stereocenters. The van der Waals surface area contributed by atoms with Crippen LogP contribution in [0.15, 0.2) is 55.1 Å². The molecule has 0 saturated heterocycles. The third-order valence-corrected chi connectivity index (χ3v) is 2.60. The van der Waals surface area contributed by atoms with E-state index in [2.05, 4.69) is 15.4 Å². The molecule has 0 bridgehead atoms. The van der Waals surface area contributed by atoms with Crippen LogP contribution in [0.3, 0.4) is 0 Å². The van der Waals surface area contributed by atoms with Gasteiger partial charge in [-0.2, -0.15) is 5.10 Å². The molecule has 3 rings (SSSR count). The van der Waals surface area contributed by atoms with Gasteiger partial charge in [0.25, 0.3) is 5.91 Å². The van der Waals surface area contributed by atoms with E-state index in [0.717, 1.165) is 5.69 Å². The predicted octanol–water partition coefficient (Wildman–Crippen LogP) is 1.98. The molecular weight excluding hydrogens is 228 g/mol. The molecular formula is C13H10N4O. The van der Waals surface area contributed by atoms with E-state index >= 15 is 0 Å². The first kappa shape index (κ1) is 10.5. The summed E-state index contributed by atoms with van der Waals surface area (Å²) < 4.78 is 1.62. The van der Waals surface area contributed by atoms with Crippen molar-refractivity contribution in [2.24, 2.45) is 0 Å². The lowest BCUT2D eigenvalue weighted by atomic mass is 10.2. The van der Waals surface area contributed by atoms with Gasteiger partial charge < -0.3 is 5.32 Å². The first-order chi connectivity index (χ1) is 8.84. The summed E-state index contributed by atoms with van der Waals surface area (Å²) >= 11 is 0. The Labute approximate surface area is 103 Å². The molecule has 88 valence electrons. The summed E-state index contributed by atoms with van der Waals surface area (Å²) in [5.74, 6) is -0.191. The van der Waals surface area contributed by atoms with Crippen molar-refractivity contribution in [3.05, 3.63) is 60.7 Å². The van der Waals surface area contributed by atoms with Gasteiger partial charge in [-0.05, 0) is 12.1 Å². The Morgan fingerprint density at radius 2 is 2.00 bits per heavy atom. The van der Waals surface area contributed by atoms with E-state index in [1.165, 1.54) is 6.20 Å². The van der Waals surface area contributed by atoms with Gasteiger partial charge in [0, 0.05) is 18.1 Å². The van der Waals surface area contributed by atoms with Gasteiger partial charge in [0.2, 0.25) is 0 Å². The highest BCUT2D eigenvalue weighted by molar-refractivity contribution is 6.08. The summed E-state index contributed by atoms with van der Waals surface area (Å²) in [7, 11) is 0. The Kier molecular flexibility index (Phi) is 2.49. The largest absolute Gasteiger partial charge is 0.322 e. The van der Waals surface area contributed by atoms with E-state index in [9.17, 15) is 4.79 Å². The normalized spacial score (nSPS) is 10.4. The number of hydrogen-bond acceptors (Lipinski definition) is 3. The molecule has 0 fully saturated rings. The van der Waals surface area contributed by atoms with Crippen molar-refractivity contribution in [2.75, 3.05) is 5.32 Å². The fourth-order valence-electron chi connectivity index (χ4n) is 1.73. The van der Waals surface area contributed by atoms with Crippen molar-refractivity contribution in [3.63, 3.8) is 0 Å². The summed E-state index contributed by atoms with van der Waals surface area (Å²) in [4.78, 5) is 16.1. The minimum atomic E-state index is -0.191. The maximum absolute atomic E-state index is 12.1. The van der Waals surface area contributed by atoms with E-state index in [1.807, 2.05) is 30.3 Å². The molecule has 0 aliphatic rings. The number of benzene rings is 1. The Bertz CT molecular complexity index is 690. The molecule has 1 amide bonds. The maximum Gasteiger partial charge on any atom is 0.259 e. The highest BCUT2D eigenvalue weighted by atomic mass is 16.1. The summed E-state index contributed by atoms with van der Waals surface area (Å²) in [6.07, 6.45) is 6.48. The standard InChI is InChI=1S/C13H10N4O/c18-13(16-10-4-2-1-3-5-10)11-8-15-17-7-6-14-9-12(11)17/h1-9H,(H,16,18). The molecule has 0 spiro atoms. The molecule has 0 unspecified atom stereocenters. The van der Waals surface area contributed by atoms with E-state index < -0.39 is 0 Å². The van der Waals surface area contributed by atoms with Gasteiger partial charge in [-0.1, -0.05) is 18.2 Å². The highest BCUT2D eigenvalue weighted by Crippen LogP contribution is 2.12. The zero-order valence-corrected chi connectivity index (χ0v) is 9.45. The Morgan fingerprint density at radius 3 is 2.83 bits per heavy atom. The van der Waals surface area contributed by atoms with Crippen LogP contribution in [0.4, 0.5) is 5.69 Å². The Morgan fingerprint density at radius 1 is 1.17 bits per heavy atom. The minimum absolute atomic E-state index is 0.191. The van der Waals surface area contributed by atoms with Gasteiger partial charge in [-0.15, -0.1) is 0 Å². The van der Waals surface area contributed by atoms with Crippen LogP contribution in [0.1, 0.15) is 10.4 Å². The number of fused-ring (bicyclic) bond motifs is 1. The van der Waals surface area contributed by atoms with Gasteiger partial charge in [0.1, 0.15) is 0 Å². The van der Waals surface area contributed by atoms with E-state index in [-0.39, 0.29) is 5.91 Å². The van der Waals surface area contributed by atoms with Crippen molar-refractivity contribution < 1.29 is 4.79 Å². The fraction of sp³-hybridized carbons (Fsp3) is 0. The molecule has 5 heteroatoms. The molecule has 0 aliphatic heterocycles. The Balaban J connectivity index is 1.93. The van der Waals surface area contributed by atoms with Crippen LogP contribution in [-0.2, 0) is 0 Å². The molecule has 1 N–H and O–H groups in total. The third kappa shape index (κ3) is 1.82. The molecule has 2 aromatic heterocycles. The number of nitrogens with one attached hydrogen (secondary N) is 1. The summed E-state index contributed by atoms with van der Waals surface area (Å²) in [5.41, 5.74) is 1.95. The van der Waals surface area contributed by atoms with Crippen molar-refractivity contribution in [3.8, 4) is 0 Å². The number of nitrogens with zero attached hydrogens (tertiary/aromatic N) is 3. The topological polar surface area (TPSA) is 59.3 Å². The molecule has 0 aliphatic carbocycles. The van der Waals surface area contributed by atoms with Crippen molar-refractivity contribution in [2.45, 2.75) is 0 Å². The van der Waals surface area contributed by atoms with Crippen LogP contribution >= 0.6 is 0 Å². The van der Waals surface area contributed by atoms with Crippen LogP contribution < -0.4 is 5.32 Å². The van der Waals surface area contributed by atoms with Gasteiger partial charge in [-0.3, -0.25) is 9.78 Å². The van der Waals surface area contributed by atoms with Crippen LogP contribution in [0.2, 0.25) is 0 Å². The van der Waals surface area contributed by atoms with Crippen LogP contribution in [0.25, 0.3) is 5.52 Å². The lowest BCUT2D eigenvalue weighted by Crippen LogP contribution is -2.11. The number of para-hydroxylation sites is 1. The lowest BCUT2D eigenvalue weighted by molar-refractivity contribution is 0.102. The van der Waals surface area contributed by atoms with Gasteiger partial charge >= 0.3 is 0 Å². The smallest absolute Gasteiger partial charge is 0.259 e. The molecule has 0 saturated carbocycles. The number of anilines is 1. The molecule has 3 aromatic rings. The lowest BCUT2D eigenvalue weighted by Gasteiger charge is -2.03. The van der Waals surface area contributed by atoms with Crippen LogP contribution in [0.5, 0.6) is 0 Å². The number of carbonyl (C=O) groups is 1. The number of hydrogen-bond donors (Lipinski definition) is 1.